The minimum Gasteiger partial charge on any atom is -0.316 e. The van der Waals surface area contributed by atoms with Gasteiger partial charge in [0.1, 0.15) is 0 Å². The smallest absolute Gasteiger partial charge is 0.240 e. The molecule has 1 saturated heterocycles. The van der Waals surface area contributed by atoms with E-state index in [9.17, 15) is 8.42 Å². The number of rotatable bonds is 4. The summed E-state index contributed by atoms with van der Waals surface area (Å²) in [4.78, 5) is 0.407. The van der Waals surface area contributed by atoms with E-state index in [-0.39, 0.29) is 6.04 Å². The second-order valence-corrected chi connectivity index (χ2v) is 8.75. The summed E-state index contributed by atoms with van der Waals surface area (Å²) in [5.41, 5.74) is 1.30. The number of benzene rings is 1. The molecule has 1 heterocycles. The van der Waals surface area contributed by atoms with Gasteiger partial charge >= 0.3 is 0 Å². The number of nitrogens with one attached hydrogen (secondary N) is 2. The Kier molecular flexibility index (Phi) is 3.75. The molecule has 0 amide bonds. The lowest BCUT2D eigenvalue weighted by atomic mass is 9.84. The quantitative estimate of drug-likeness (QED) is 0.894. The van der Waals surface area contributed by atoms with E-state index in [0.29, 0.717) is 22.6 Å². The summed E-state index contributed by atoms with van der Waals surface area (Å²) in [6.45, 7) is 1.89. The van der Waals surface area contributed by atoms with Crippen molar-refractivity contribution in [2.45, 2.75) is 49.0 Å². The molecule has 2 atom stereocenters. The molecule has 5 heteroatoms. The zero-order chi connectivity index (χ0) is 15.2. The third-order valence-corrected chi connectivity index (χ3v) is 7.13. The molecule has 2 unspecified atom stereocenters. The average molecular weight is 320 g/mol. The van der Waals surface area contributed by atoms with E-state index in [4.69, 9.17) is 0 Å². The third-order valence-electron chi connectivity index (χ3n) is 5.65. The highest BCUT2D eigenvalue weighted by Crippen LogP contribution is 2.42. The molecule has 4 nitrogen and oxygen atoms in total. The van der Waals surface area contributed by atoms with Crippen molar-refractivity contribution in [3.8, 4) is 0 Å². The van der Waals surface area contributed by atoms with Gasteiger partial charge in [-0.25, -0.2) is 13.1 Å². The van der Waals surface area contributed by atoms with Crippen LogP contribution in [0, 0.1) is 11.8 Å². The van der Waals surface area contributed by atoms with Crippen LogP contribution in [0.3, 0.4) is 0 Å². The highest BCUT2D eigenvalue weighted by atomic mass is 32.2. The van der Waals surface area contributed by atoms with Crippen LogP contribution in [0.5, 0.6) is 0 Å². The van der Waals surface area contributed by atoms with Gasteiger partial charge in [-0.2, -0.15) is 0 Å². The first-order valence-corrected chi connectivity index (χ1v) is 9.96. The zero-order valence-corrected chi connectivity index (χ0v) is 13.6. The van der Waals surface area contributed by atoms with Crippen LogP contribution in [0.15, 0.2) is 29.2 Å². The summed E-state index contributed by atoms with van der Waals surface area (Å²) < 4.78 is 27.8. The van der Waals surface area contributed by atoms with Crippen molar-refractivity contribution in [2.75, 3.05) is 13.1 Å². The molecular formula is C17H24N2O2S. The predicted octanol–water partition coefficient (Wildman–Crippen LogP) is 2.23. The molecule has 1 aromatic carbocycles. The van der Waals surface area contributed by atoms with Crippen LogP contribution in [0.2, 0.25) is 0 Å². The highest BCUT2D eigenvalue weighted by molar-refractivity contribution is 7.89. The van der Waals surface area contributed by atoms with E-state index in [1.54, 1.807) is 12.1 Å². The minimum atomic E-state index is -3.36. The van der Waals surface area contributed by atoms with Crippen molar-refractivity contribution in [2.24, 2.45) is 11.8 Å². The molecule has 2 aliphatic carbocycles. The van der Waals surface area contributed by atoms with Crippen LogP contribution < -0.4 is 10.0 Å². The Labute approximate surface area is 132 Å². The van der Waals surface area contributed by atoms with Gasteiger partial charge < -0.3 is 5.32 Å². The number of fused-ring (bicyclic) bond motifs is 1. The summed E-state index contributed by atoms with van der Waals surface area (Å²) in [6, 6.07) is 7.73. The maximum atomic E-state index is 12.5. The van der Waals surface area contributed by atoms with Crippen LogP contribution in [0.1, 0.15) is 43.6 Å². The first-order chi connectivity index (χ1) is 10.6. The van der Waals surface area contributed by atoms with E-state index in [0.717, 1.165) is 13.1 Å². The van der Waals surface area contributed by atoms with Crippen LogP contribution in [0.25, 0.3) is 0 Å². The number of hydrogen-bond acceptors (Lipinski definition) is 3. The van der Waals surface area contributed by atoms with Gasteiger partial charge in [0.25, 0.3) is 0 Å². The van der Waals surface area contributed by atoms with Gasteiger partial charge in [-0.05, 0) is 61.4 Å². The van der Waals surface area contributed by atoms with E-state index < -0.39 is 10.0 Å². The van der Waals surface area contributed by atoms with Crippen molar-refractivity contribution < 1.29 is 8.42 Å². The fraction of sp³-hybridized carbons (Fsp3) is 0.647. The number of sulfonamides is 1. The third kappa shape index (κ3) is 2.70. The van der Waals surface area contributed by atoms with Crippen LogP contribution in [0.4, 0.5) is 0 Å². The fourth-order valence-corrected chi connectivity index (χ4v) is 5.53. The van der Waals surface area contributed by atoms with Crippen molar-refractivity contribution >= 4 is 10.0 Å². The molecule has 0 spiro atoms. The zero-order valence-electron chi connectivity index (χ0n) is 12.8. The van der Waals surface area contributed by atoms with Gasteiger partial charge in [0, 0.05) is 6.04 Å². The highest BCUT2D eigenvalue weighted by Gasteiger charge is 2.54. The molecule has 22 heavy (non-hydrogen) atoms. The Morgan fingerprint density at radius 3 is 2.23 bits per heavy atom. The Morgan fingerprint density at radius 2 is 1.59 bits per heavy atom. The lowest BCUT2D eigenvalue weighted by molar-refractivity contribution is 0.443. The summed E-state index contributed by atoms with van der Waals surface area (Å²) in [5, 5.41) is 3.29. The maximum absolute atomic E-state index is 12.5. The van der Waals surface area contributed by atoms with Gasteiger partial charge in [-0.15, -0.1) is 0 Å². The molecule has 2 saturated carbocycles. The van der Waals surface area contributed by atoms with Gasteiger partial charge in [-0.3, -0.25) is 0 Å². The standard InChI is InChI=1S/C17H24N2O2S/c20-22(21,19-17-15-10-18-11-16(15)17)14-8-6-13(7-9-14)12-4-2-1-3-5-12/h6-9,12,15-19H,1-5,10-11H2. The van der Waals surface area contributed by atoms with Crippen LogP contribution in [-0.2, 0) is 10.0 Å². The molecule has 3 aliphatic rings. The Hall–Kier alpha value is -0.910. The molecule has 4 rings (SSSR count). The molecule has 1 aliphatic heterocycles. The number of piperidine rings is 1. The van der Waals surface area contributed by atoms with E-state index in [2.05, 4.69) is 10.0 Å². The van der Waals surface area contributed by atoms with Crippen molar-refractivity contribution in [1.29, 1.82) is 0 Å². The maximum Gasteiger partial charge on any atom is 0.240 e. The molecule has 2 N–H and O–H groups in total. The second-order valence-electron chi connectivity index (χ2n) is 7.04. The summed E-state index contributed by atoms with van der Waals surface area (Å²) >= 11 is 0. The monoisotopic (exact) mass is 320 g/mol. The van der Waals surface area contributed by atoms with Crippen molar-refractivity contribution in [1.82, 2.24) is 10.0 Å². The fourth-order valence-electron chi connectivity index (χ4n) is 4.20. The lowest BCUT2D eigenvalue weighted by Gasteiger charge is -2.22. The Balaban J connectivity index is 1.45. The average Bonchev–Trinajstić information content (AvgIpc) is 2.98. The Morgan fingerprint density at radius 1 is 0.955 bits per heavy atom. The van der Waals surface area contributed by atoms with Gasteiger partial charge in [0.2, 0.25) is 10.0 Å². The van der Waals surface area contributed by atoms with E-state index in [1.165, 1.54) is 37.7 Å². The molecule has 3 fully saturated rings. The van der Waals surface area contributed by atoms with Crippen LogP contribution in [-0.4, -0.2) is 27.5 Å². The topological polar surface area (TPSA) is 58.2 Å². The van der Waals surface area contributed by atoms with Crippen molar-refractivity contribution in [3.05, 3.63) is 29.8 Å². The first-order valence-electron chi connectivity index (χ1n) is 8.48. The molecular weight excluding hydrogens is 296 g/mol. The van der Waals surface area contributed by atoms with Gasteiger partial charge in [0.05, 0.1) is 4.90 Å². The predicted molar refractivity (Wildman–Crippen MR) is 86.2 cm³/mol. The van der Waals surface area contributed by atoms with Gasteiger partial charge in [-0.1, -0.05) is 31.4 Å². The molecule has 0 bridgehead atoms. The second kappa shape index (κ2) is 5.62. The van der Waals surface area contributed by atoms with E-state index in [1.807, 2.05) is 12.1 Å². The largest absolute Gasteiger partial charge is 0.316 e. The van der Waals surface area contributed by atoms with Crippen LogP contribution >= 0.6 is 0 Å². The summed E-state index contributed by atoms with van der Waals surface area (Å²) in [7, 11) is -3.36. The normalized spacial score (nSPS) is 31.9. The molecule has 120 valence electrons. The summed E-state index contributed by atoms with van der Waals surface area (Å²) in [6.07, 6.45) is 6.41. The van der Waals surface area contributed by atoms with Crippen molar-refractivity contribution in [3.63, 3.8) is 0 Å². The summed E-state index contributed by atoms with van der Waals surface area (Å²) in [5.74, 6) is 1.61. The SMILES string of the molecule is O=S(=O)(NC1C2CNCC21)c1ccc(C2CCCCC2)cc1. The number of hydrogen-bond donors (Lipinski definition) is 2. The molecule has 0 aromatic heterocycles. The van der Waals surface area contributed by atoms with E-state index >= 15 is 0 Å². The molecule has 0 radical (unpaired) electrons. The Bertz CT molecular complexity index is 625. The van der Waals surface area contributed by atoms with Gasteiger partial charge in [0.15, 0.2) is 0 Å². The first kappa shape index (κ1) is 14.7. The molecule has 1 aromatic rings. The lowest BCUT2D eigenvalue weighted by Crippen LogP contribution is -2.32. The minimum absolute atomic E-state index is 0.143.